The van der Waals surface area contributed by atoms with Crippen LogP contribution in [0.15, 0.2) is 33.4 Å². The number of thiazole rings is 1. The Balaban J connectivity index is 2.02. The molecule has 12 heteroatoms. The topological polar surface area (TPSA) is 132 Å². The van der Waals surface area contributed by atoms with Crippen LogP contribution in [-0.4, -0.2) is 48.9 Å². The van der Waals surface area contributed by atoms with Crippen LogP contribution < -0.4 is 10.6 Å². The minimum Gasteiger partial charge on any atom is -0.326 e. The van der Waals surface area contributed by atoms with E-state index < -0.39 is 22.5 Å². The standard InChI is InChI=1S/C17H19N5O4S3/c1-11-16(27-9-8-18)28-17(19-11)21-15(24)10-22(3)29(25,26)14-6-4-13(5-7-14)20-12(2)23/h4-7H,9-10H2,1-3H3,(H,20,23)(H,19,21,24). The molecule has 1 heterocycles. The number of aromatic nitrogens is 1. The zero-order chi connectivity index (χ0) is 21.6. The third-order valence-corrected chi connectivity index (χ3v) is 7.64. The van der Waals surface area contributed by atoms with Gasteiger partial charge in [-0.15, -0.1) is 0 Å². The molecule has 29 heavy (non-hydrogen) atoms. The highest BCUT2D eigenvalue weighted by Gasteiger charge is 2.23. The van der Waals surface area contributed by atoms with Gasteiger partial charge in [0.2, 0.25) is 21.8 Å². The van der Waals surface area contributed by atoms with Gasteiger partial charge in [0.1, 0.15) is 0 Å². The number of hydrogen-bond acceptors (Lipinski definition) is 8. The van der Waals surface area contributed by atoms with Crippen LogP contribution in [0.25, 0.3) is 0 Å². The van der Waals surface area contributed by atoms with Crippen molar-refractivity contribution >= 4 is 55.8 Å². The summed E-state index contributed by atoms with van der Waals surface area (Å²) in [6.07, 6.45) is 0. The summed E-state index contributed by atoms with van der Waals surface area (Å²) in [5, 5.41) is 14.1. The van der Waals surface area contributed by atoms with Gasteiger partial charge < -0.3 is 10.6 Å². The van der Waals surface area contributed by atoms with Crippen LogP contribution in [-0.2, 0) is 19.6 Å². The highest BCUT2D eigenvalue weighted by atomic mass is 32.2. The van der Waals surface area contributed by atoms with Crippen molar-refractivity contribution in [1.82, 2.24) is 9.29 Å². The summed E-state index contributed by atoms with van der Waals surface area (Å²) in [6.45, 7) is 2.73. The van der Waals surface area contributed by atoms with Gasteiger partial charge in [-0.3, -0.25) is 9.59 Å². The third kappa shape index (κ3) is 6.26. The Morgan fingerprint density at radius 1 is 1.28 bits per heavy atom. The van der Waals surface area contributed by atoms with E-state index in [1.54, 1.807) is 6.92 Å². The van der Waals surface area contributed by atoms with Crippen molar-refractivity contribution in [2.24, 2.45) is 0 Å². The molecule has 0 aliphatic rings. The molecular weight excluding hydrogens is 434 g/mol. The van der Waals surface area contributed by atoms with Crippen LogP contribution in [0.4, 0.5) is 10.8 Å². The van der Waals surface area contributed by atoms with E-state index in [2.05, 4.69) is 15.6 Å². The molecule has 0 saturated heterocycles. The number of likely N-dealkylation sites (N-methyl/N-ethyl adjacent to an activating group) is 1. The van der Waals surface area contributed by atoms with Crippen molar-refractivity contribution in [2.75, 3.05) is 30.0 Å². The number of anilines is 2. The molecule has 1 aromatic heterocycles. The van der Waals surface area contributed by atoms with Crippen molar-refractivity contribution in [2.45, 2.75) is 23.0 Å². The van der Waals surface area contributed by atoms with Crippen LogP contribution in [0.5, 0.6) is 0 Å². The Labute approximate surface area is 177 Å². The van der Waals surface area contributed by atoms with Gasteiger partial charge in [-0.05, 0) is 31.2 Å². The van der Waals surface area contributed by atoms with Crippen molar-refractivity contribution in [3.05, 3.63) is 30.0 Å². The molecule has 2 amide bonds. The number of sulfonamides is 1. The van der Waals surface area contributed by atoms with Gasteiger partial charge in [-0.25, -0.2) is 13.4 Å². The third-order valence-electron chi connectivity index (χ3n) is 3.52. The van der Waals surface area contributed by atoms with Crippen LogP contribution in [0, 0.1) is 18.3 Å². The quantitative estimate of drug-likeness (QED) is 0.586. The molecule has 0 bridgehead atoms. The summed E-state index contributed by atoms with van der Waals surface area (Å²) in [6, 6.07) is 7.69. The Morgan fingerprint density at radius 3 is 2.52 bits per heavy atom. The predicted octanol–water partition coefficient (Wildman–Crippen LogP) is 2.28. The summed E-state index contributed by atoms with van der Waals surface area (Å²) in [5.74, 6) is -0.518. The molecule has 0 saturated carbocycles. The van der Waals surface area contributed by atoms with Crippen molar-refractivity contribution in [1.29, 1.82) is 5.26 Å². The number of amides is 2. The van der Waals surface area contributed by atoms with Gasteiger partial charge in [0.25, 0.3) is 0 Å². The van der Waals surface area contributed by atoms with Crippen molar-refractivity contribution in [3.63, 3.8) is 0 Å². The van der Waals surface area contributed by atoms with E-state index >= 15 is 0 Å². The molecule has 2 aromatic rings. The normalized spacial score (nSPS) is 11.1. The first kappa shape index (κ1) is 22.8. The minimum atomic E-state index is -3.88. The molecule has 0 unspecified atom stereocenters. The van der Waals surface area contributed by atoms with Crippen molar-refractivity contribution < 1.29 is 18.0 Å². The average Bonchev–Trinajstić information content (AvgIpc) is 2.98. The molecule has 0 atom stereocenters. The van der Waals surface area contributed by atoms with E-state index in [0.717, 1.165) is 8.51 Å². The predicted molar refractivity (Wildman–Crippen MR) is 112 cm³/mol. The molecule has 2 rings (SSSR count). The Bertz CT molecular complexity index is 1040. The van der Waals surface area contributed by atoms with Crippen molar-refractivity contribution in [3.8, 4) is 6.07 Å². The van der Waals surface area contributed by atoms with Gasteiger partial charge in [-0.1, -0.05) is 23.1 Å². The van der Waals surface area contributed by atoms with E-state index in [-0.39, 0.29) is 16.6 Å². The smallest absolute Gasteiger partial charge is 0.243 e. The number of aryl methyl sites for hydroxylation is 1. The van der Waals surface area contributed by atoms with Crippen LogP contribution in [0.1, 0.15) is 12.6 Å². The van der Waals surface area contributed by atoms with Crippen LogP contribution in [0.3, 0.4) is 0 Å². The lowest BCUT2D eigenvalue weighted by atomic mass is 10.3. The van der Waals surface area contributed by atoms with E-state index in [1.807, 2.05) is 6.07 Å². The highest BCUT2D eigenvalue weighted by molar-refractivity contribution is 8.01. The Kier molecular flexibility index (Phi) is 7.74. The van der Waals surface area contributed by atoms with Gasteiger partial charge in [0.15, 0.2) is 5.13 Å². The lowest BCUT2D eigenvalue weighted by Gasteiger charge is -2.16. The number of nitriles is 1. The lowest BCUT2D eigenvalue weighted by Crippen LogP contribution is -2.34. The molecule has 154 valence electrons. The molecule has 0 radical (unpaired) electrons. The fraction of sp³-hybridized carbons (Fsp3) is 0.294. The zero-order valence-corrected chi connectivity index (χ0v) is 18.4. The summed E-state index contributed by atoms with van der Waals surface area (Å²) in [5.41, 5.74) is 1.17. The average molecular weight is 454 g/mol. The number of nitrogens with one attached hydrogen (secondary N) is 2. The Morgan fingerprint density at radius 2 is 1.93 bits per heavy atom. The molecule has 0 aliphatic carbocycles. The largest absolute Gasteiger partial charge is 0.326 e. The maximum absolute atomic E-state index is 12.6. The maximum Gasteiger partial charge on any atom is 0.243 e. The summed E-state index contributed by atoms with van der Waals surface area (Å²) < 4.78 is 27.0. The van der Waals surface area contributed by atoms with Gasteiger partial charge in [-0.2, -0.15) is 9.57 Å². The first-order valence-electron chi connectivity index (χ1n) is 8.24. The lowest BCUT2D eigenvalue weighted by molar-refractivity contribution is -0.116. The number of rotatable bonds is 8. The number of hydrogen-bond donors (Lipinski definition) is 2. The van der Waals surface area contributed by atoms with Crippen LogP contribution >= 0.6 is 23.1 Å². The number of benzene rings is 1. The van der Waals surface area contributed by atoms with Gasteiger partial charge >= 0.3 is 0 Å². The maximum atomic E-state index is 12.6. The van der Waals surface area contributed by atoms with Gasteiger partial charge in [0.05, 0.1) is 33.2 Å². The van der Waals surface area contributed by atoms with E-state index in [0.29, 0.717) is 16.5 Å². The highest BCUT2D eigenvalue weighted by Crippen LogP contribution is 2.31. The fourth-order valence-electron chi connectivity index (χ4n) is 2.21. The first-order chi connectivity index (χ1) is 13.6. The second-order valence-electron chi connectivity index (χ2n) is 5.85. The minimum absolute atomic E-state index is 0.00202. The fourth-order valence-corrected chi connectivity index (χ4v) is 5.15. The second-order valence-corrected chi connectivity index (χ2v) is 10.1. The monoisotopic (exact) mass is 453 g/mol. The van der Waals surface area contributed by atoms with E-state index in [4.69, 9.17) is 5.26 Å². The SMILES string of the molecule is CC(=O)Nc1ccc(S(=O)(=O)N(C)CC(=O)Nc2nc(C)c(SCC#N)s2)cc1. The summed E-state index contributed by atoms with van der Waals surface area (Å²) >= 11 is 2.56. The molecule has 0 fully saturated rings. The number of carbonyl (C=O) groups excluding carboxylic acids is 2. The number of thioether (sulfide) groups is 1. The zero-order valence-electron chi connectivity index (χ0n) is 15.9. The number of carbonyl (C=O) groups is 2. The molecule has 9 nitrogen and oxygen atoms in total. The molecule has 0 spiro atoms. The summed E-state index contributed by atoms with van der Waals surface area (Å²) in [7, 11) is -2.58. The Hall–Kier alpha value is -2.46. The molecule has 1 aromatic carbocycles. The van der Waals surface area contributed by atoms with E-state index in [1.165, 1.54) is 61.3 Å². The van der Waals surface area contributed by atoms with E-state index in [9.17, 15) is 18.0 Å². The second kappa shape index (κ2) is 9.84. The van der Waals surface area contributed by atoms with Crippen LogP contribution in [0.2, 0.25) is 0 Å². The molecule has 0 aliphatic heterocycles. The molecular formula is C17H19N5O4S3. The summed E-state index contributed by atoms with van der Waals surface area (Å²) in [4.78, 5) is 27.5. The first-order valence-corrected chi connectivity index (χ1v) is 11.5. The molecule has 2 N–H and O–H groups in total. The number of nitrogens with zero attached hydrogens (tertiary/aromatic N) is 3. The van der Waals surface area contributed by atoms with Gasteiger partial charge in [0, 0.05) is 19.7 Å².